The molecule has 0 aliphatic heterocycles. The fraction of sp³-hybridized carbons (Fsp3) is 0. The van der Waals surface area contributed by atoms with Crippen LogP contribution in [0, 0.1) is 0 Å². The Morgan fingerprint density at radius 2 is 0.619 bits per heavy atom. The molecular weight excluding hydrogens is 508 g/mol. The van der Waals surface area contributed by atoms with Gasteiger partial charge in [-0.3, -0.25) is 0 Å². The molecule has 0 bridgehead atoms. The van der Waals surface area contributed by atoms with Crippen LogP contribution in [0.1, 0.15) is 0 Å². The van der Waals surface area contributed by atoms with Crippen molar-refractivity contribution in [3.05, 3.63) is 158 Å². The van der Waals surface area contributed by atoms with Gasteiger partial charge in [0.2, 0.25) is 0 Å². The second-order valence-corrected chi connectivity index (χ2v) is 10.6. The number of hydrogen-bond acceptors (Lipinski definition) is 2. The van der Waals surface area contributed by atoms with Gasteiger partial charge in [-0.2, -0.15) is 0 Å². The number of benzene rings is 6. The largest absolute Gasteiger partial charge is 0.236 e. The molecule has 0 aliphatic rings. The van der Waals surface area contributed by atoms with Crippen molar-refractivity contribution >= 4 is 53.9 Å². The lowest BCUT2D eigenvalue weighted by Crippen LogP contribution is -1.90. The Balaban J connectivity index is 1.53. The molecule has 2 heteroatoms. The summed E-state index contributed by atoms with van der Waals surface area (Å²) in [6, 6.07) is 52.0. The van der Waals surface area contributed by atoms with Crippen molar-refractivity contribution in [2.24, 2.45) is 0 Å². The van der Waals surface area contributed by atoms with Crippen molar-refractivity contribution in [1.82, 2.24) is 9.97 Å². The van der Waals surface area contributed by atoms with E-state index in [1.165, 1.54) is 53.9 Å². The molecule has 0 aliphatic carbocycles. The maximum atomic E-state index is 4.72. The topological polar surface area (TPSA) is 25.8 Å². The quantitative estimate of drug-likeness (QED) is 0.220. The minimum Gasteiger partial charge on any atom is -0.236 e. The van der Waals surface area contributed by atoms with Gasteiger partial charge in [0.1, 0.15) is 0 Å². The number of nitrogens with zero attached hydrogens (tertiary/aromatic N) is 2. The summed E-state index contributed by atoms with van der Waals surface area (Å²) in [5, 5.41) is 12.2. The summed E-state index contributed by atoms with van der Waals surface area (Å²) in [6.07, 6.45) is 3.87. The molecule has 8 rings (SSSR count). The molecule has 0 saturated heterocycles. The Kier molecular flexibility index (Phi) is 5.82. The van der Waals surface area contributed by atoms with Crippen LogP contribution in [0.3, 0.4) is 0 Å². The minimum atomic E-state index is 0.730. The zero-order chi connectivity index (χ0) is 27.9. The second-order valence-electron chi connectivity index (χ2n) is 10.6. The van der Waals surface area contributed by atoms with E-state index in [2.05, 4.69) is 115 Å². The van der Waals surface area contributed by atoms with E-state index in [4.69, 9.17) is 9.97 Å². The van der Waals surface area contributed by atoms with E-state index in [1.54, 1.807) is 0 Å². The van der Waals surface area contributed by atoms with E-state index < -0.39 is 0 Å². The van der Waals surface area contributed by atoms with Crippen molar-refractivity contribution in [1.29, 1.82) is 0 Å². The third-order valence-corrected chi connectivity index (χ3v) is 8.20. The van der Waals surface area contributed by atoms with Crippen LogP contribution in [-0.2, 0) is 0 Å². The Morgan fingerprint density at radius 3 is 1.05 bits per heavy atom. The normalized spacial score (nSPS) is 11.3. The Bertz CT molecular complexity index is 2260. The van der Waals surface area contributed by atoms with Gasteiger partial charge >= 0.3 is 0 Å². The van der Waals surface area contributed by atoms with Gasteiger partial charge in [-0.15, -0.1) is 0 Å². The number of fused-ring (bicyclic) bond motifs is 10. The van der Waals surface area contributed by atoms with Gasteiger partial charge < -0.3 is 0 Å². The molecule has 8 aromatic rings. The van der Waals surface area contributed by atoms with Crippen LogP contribution < -0.4 is 0 Å². The zero-order valence-corrected chi connectivity index (χ0v) is 22.9. The summed E-state index contributed by atoms with van der Waals surface area (Å²) in [6.45, 7) is 0. The van der Waals surface area contributed by atoms with Gasteiger partial charge in [0, 0.05) is 23.5 Å². The monoisotopic (exact) mass is 534 g/mol. The van der Waals surface area contributed by atoms with Gasteiger partial charge in [0.15, 0.2) is 5.82 Å². The summed E-state index contributed by atoms with van der Waals surface area (Å²) in [7, 11) is 0. The lowest BCUT2D eigenvalue weighted by Gasteiger charge is -2.11. The summed E-state index contributed by atoms with van der Waals surface area (Å²) in [5.74, 6) is 0.730. The third kappa shape index (κ3) is 4.05. The van der Waals surface area contributed by atoms with Crippen LogP contribution >= 0.6 is 0 Å². The standard InChI is InChI=1S/C40H26N2/c1-2-12-27(13-3-1)40-41-25-29(26-42-40)28-22-23-38-36-20-9-8-18-34(36)32-16-5-4-14-30(32)31-15-6-7-17-33(31)35-19-10-11-21-37(35)39(38)24-28/h1-26H. The summed E-state index contributed by atoms with van der Waals surface area (Å²) in [5.41, 5.74) is 3.09. The highest BCUT2D eigenvalue weighted by atomic mass is 14.9. The Morgan fingerprint density at radius 1 is 0.262 bits per heavy atom. The molecule has 42 heavy (non-hydrogen) atoms. The highest BCUT2D eigenvalue weighted by Gasteiger charge is 2.10. The van der Waals surface area contributed by atoms with Crippen LogP contribution in [0.5, 0.6) is 0 Å². The first-order valence-corrected chi connectivity index (χ1v) is 14.2. The maximum Gasteiger partial charge on any atom is 0.159 e. The first-order chi connectivity index (χ1) is 20.8. The fourth-order valence-electron chi connectivity index (χ4n) is 6.21. The molecule has 0 fully saturated rings. The zero-order valence-electron chi connectivity index (χ0n) is 22.9. The predicted molar refractivity (Wildman–Crippen MR) is 178 cm³/mol. The van der Waals surface area contributed by atoms with E-state index in [9.17, 15) is 0 Å². The summed E-state index contributed by atoms with van der Waals surface area (Å²) >= 11 is 0. The van der Waals surface area contributed by atoms with E-state index in [-0.39, 0.29) is 0 Å². The molecule has 0 spiro atoms. The van der Waals surface area contributed by atoms with Crippen LogP contribution in [0.4, 0.5) is 0 Å². The molecule has 0 amide bonds. The molecule has 1 heterocycles. The van der Waals surface area contributed by atoms with E-state index in [0.717, 1.165) is 22.5 Å². The first-order valence-electron chi connectivity index (χ1n) is 14.2. The van der Waals surface area contributed by atoms with Crippen molar-refractivity contribution in [3.8, 4) is 22.5 Å². The molecule has 0 atom stereocenters. The van der Waals surface area contributed by atoms with E-state index in [0.29, 0.717) is 0 Å². The van der Waals surface area contributed by atoms with Gasteiger partial charge in [0.05, 0.1) is 0 Å². The third-order valence-electron chi connectivity index (χ3n) is 8.20. The van der Waals surface area contributed by atoms with E-state index >= 15 is 0 Å². The van der Waals surface area contributed by atoms with Crippen LogP contribution in [-0.4, -0.2) is 9.97 Å². The summed E-state index contributed by atoms with van der Waals surface area (Å²) in [4.78, 5) is 9.44. The van der Waals surface area contributed by atoms with Crippen LogP contribution in [0.2, 0.25) is 0 Å². The molecule has 2 nitrogen and oxygen atoms in total. The Labute approximate surface area is 243 Å². The van der Waals surface area contributed by atoms with Gasteiger partial charge in [-0.1, -0.05) is 140 Å². The maximum absolute atomic E-state index is 4.72. The average molecular weight is 535 g/mol. The SMILES string of the molecule is c1ccc(-c2ncc(-c3ccc4c5ccccc5c5ccccc5c5ccccc5c5ccccc5c4c3)cn2)cc1. The lowest BCUT2D eigenvalue weighted by atomic mass is 9.93. The molecule has 196 valence electrons. The number of aromatic nitrogens is 2. The Hall–Kier alpha value is -5.60. The average Bonchev–Trinajstić information content (AvgIpc) is 3.08. The van der Waals surface area contributed by atoms with Crippen molar-refractivity contribution < 1.29 is 0 Å². The van der Waals surface area contributed by atoms with E-state index in [1.807, 2.05) is 42.7 Å². The van der Waals surface area contributed by atoms with Crippen molar-refractivity contribution in [2.75, 3.05) is 0 Å². The van der Waals surface area contributed by atoms with Gasteiger partial charge in [0.25, 0.3) is 0 Å². The number of hydrogen-bond donors (Lipinski definition) is 0. The fourth-order valence-corrected chi connectivity index (χ4v) is 6.21. The van der Waals surface area contributed by atoms with Crippen molar-refractivity contribution in [3.63, 3.8) is 0 Å². The second kappa shape index (κ2) is 10.1. The highest BCUT2D eigenvalue weighted by molar-refractivity contribution is 6.26. The minimum absolute atomic E-state index is 0.730. The predicted octanol–water partition coefficient (Wildman–Crippen LogP) is 10.7. The molecule has 7 aromatic carbocycles. The summed E-state index contributed by atoms with van der Waals surface area (Å²) < 4.78 is 0. The van der Waals surface area contributed by atoms with Crippen molar-refractivity contribution in [2.45, 2.75) is 0 Å². The lowest BCUT2D eigenvalue weighted by molar-refractivity contribution is 1.18. The van der Waals surface area contributed by atoms with Gasteiger partial charge in [-0.05, 0) is 65.5 Å². The van der Waals surface area contributed by atoms with Crippen LogP contribution in [0.25, 0.3) is 76.4 Å². The molecule has 0 unspecified atom stereocenters. The molecule has 0 N–H and O–H groups in total. The number of rotatable bonds is 2. The van der Waals surface area contributed by atoms with Crippen LogP contribution in [0.15, 0.2) is 158 Å². The molecule has 0 radical (unpaired) electrons. The van der Waals surface area contributed by atoms with Gasteiger partial charge in [-0.25, -0.2) is 9.97 Å². The molecule has 0 saturated carbocycles. The smallest absolute Gasteiger partial charge is 0.159 e. The first kappa shape index (κ1) is 24.2. The molecular formula is C40H26N2. The highest BCUT2D eigenvalue weighted by Crippen LogP contribution is 2.37. The molecule has 1 aromatic heterocycles.